The zero-order valence-corrected chi connectivity index (χ0v) is 19.9. The van der Waals surface area contributed by atoms with Crippen LogP contribution in [0.2, 0.25) is 0 Å². The van der Waals surface area contributed by atoms with Crippen LogP contribution in [0.5, 0.6) is 28.7 Å². The molecule has 1 aliphatic heterocycles. The molecular formula is C27H30N2O5. The van der Waals surface area contributed by atoms with Gasteiger partial charge in [-0.2, -0.15) is 0 Å². The first-order chi connectivity index (χ1) is 16.6. The van der Waals surface area contributed by atoms with Gasteiger partial charge in [0, 0.05) is 29.3 Å². The number of benzene rings is 3. The monoisotopic (exact) mass is 462 g/mol. The summed E-state index contributed by atoms with van der Waals surface area (Å²) in [6.07, 6.45) is 0.138. The number of nitrogens with zero attached hydrogens (tertiary/aromatic N) is 1. The Morgan fingerprint density at radius 1 is 0.882 bits per heavy atom. The number of aromatic hydroxyl groups is 1. The number of rotatable bonds is 8. The number of aliphatic imine (C=N–C) groups is 1. The van der Waals surface area contributed by atoms with Crippen molar-refractivity contribution in [2.75, 3.05) is 27.9 Å². The summed E-state index contributed by atoms with van der Waals surface area (Å²) in [5, 5.41) is 14.6. The second kappa shape index (κ2) is 10.5. The molecular weight excluding hydrogens is 432 g/mol. The molecule has 1 aliphatic rings. The Kier molecular flexibility index (Phi) is 7.23. The molecule has 0 radical (unpaired) electrons. The van der Waals surface area contributed by atoms with Crippen molar-refractivity contribution in [1.82, 2.24) is 5.32 Å². The van der Waals surface area contributed by atoms with Crippen LogP contribution >= 0.6 is 0 Å². The van der Waals surface area contributed by atoms with Crippen molar-refractivity contribution in [2.24, 2.45) is 4.99 Å². The first-order valence-electron chi connectivity index (χ1n) is 11.2. The van der Waals surface area contributed by atoms with Gasteiger partial charge in [-0.3, -0.25) is 10.3 Å². The summed E-state index contributed by atoms with van der Waals surface area (Å²) in [6.45, 7) is 2.36. The first-order valence-corrected chi connectivity index (χ1v) is 11.2. The molecule has 0 saturated carbocycles. The fourth-order valence-electron chi connectivity index (χ4n) is 4.19. The molecule has 34 heavy (non-hydrogen) atoms. The number of phenolic OH excluding ortho intramolecular Hbond substituents is 1. The molecule has 0 fully saturated rings. The molecule has 2 atom stereocenters. The molecule has 1 heterocycles. The van der Waals surface area contributed by atoms with Gasteiger partial charge in [0.15, 0.2) is 11.5 Å². The Morgan fingerprint density at radius 3 is 2.38 bits per heavy atom. The van der Waals surface area contributed by atoms with E-state index in [1.807, 2.05) is 61.5 Å². The van der Waals surface area contributed by atoms with Crippen LogP contribution in [-0.2, 0) is 0 Å². The maximum Gasteiger partial charge on any atom is 0.162 e. The van der Waals surface area contributed by atoms with Gasteiger partial charge in [-0.15, -0.1) is 0 Å². The summed E-state index contributed by atoms with van der Waals surface area (Å²) >= 11 is 0. The van der Waals surface area contributed by atoms with Crippen molar-refractivity contribution in [3.05, 3.63) is 77.4 Å². The Hall–Kier alpha value is -3.71. The smallest absolute Gasteiger partial charge is 0.162 e. The van der Waals surface area contributed by atoms with E-state index in [1.165, 1.54) is 0 Å². The van der Waals surface area contributed by atoms with E-state index in [0.717, 1.165) is 28.2 Å². The van der Waals surface area contributed by atoms with Crippen molar-refractivity contribution in [2.45, 2.75) is 25.6 Å². The minimum Gasteiger partial charge on any atom is -0.504 e. The van der Waals surface area contributed by atoms with Crippen LogP contribution in [0.15, 0.2) is 65.7 Å². The summed E-state index contributed by atoms with van der Waals surface area (Å²) in [4.78, 5) is 5.05. The van der Waals surface area contributed by atoms with Gasteiger partial charge in [-0.05, 0) is 48.9 Å². The van der Waals surface area contributed by atoms with E-state index in [2.05, 4.69) is 5.32 Å². The molecule has 0 saturated heterocycles. The summed E-state index contributed by atoms with van der Waals surface area (Å²) < 4.78 is 22.2. The van der Waals surface area contributed by atoms with E-state index in [9.17, 15) is 5.11 Å². The van der Waals surface area contributed by atoms with Crippen LogP contribution in [0.3, 0.4) is 0 Å². The van der Waals surface area contributed by atoms with Gasteiger partial charge in [0.25, 0.3) is 0 Å². The SMILES string of the molecule is CCOc1cccc([C@H]2CC(c3cccc(OC)c3)=N[C@@H](c3cc(OC)ccc3OC)N2)c1O. The van der Waals surface area contributed by atoms with Gasteiger partial charge >= 0.3 is 0 Å². The third kappa shape index (κ3) is 4.79. The van der Waals surface area contributed by atoms with E-state index in [4.69, 9.17) is 23.9 Å². The van der Waals surface area contributed by atoms with E-state index in [1.54, 1.807) is 27.4 Å². The second-order valence-electron chi connectivity index (χ2n) is 7.87. The molecule has 0 bridgehead atoms. The van der Waals surface area contributed by atoms with Crippen molar-refractivity contribution in [3.8, 4) is 28.7 Å². The molecule has 7 nitrogen and oxygen atoms in total. The van der Waals surface area contributed by atoms with Gasteiger partial charge in [-0.25, -0.2) is 0 Å². The van der Waals surface area contributed by atoms with Crippen molar-refractivity contribution in [1.29, 1.82) is 0 Å². The fraction of sp³-hybridized carbons (Fsp3) is 0.296. The summed E-state index contributed by atoms with van der Waals surface area (Å²) in [5.41, 5.74) is 3.43. The van der Waals surface area contributed by atoms with Gasteiger partial charge in [0.1, 0.15) is 23.4 Å². The third-order valence-electron chi connectivity index (χ3n) is 5.88. The molecule has 2 N–H and O–H groups in total. The van der Waals surface area contributed by atoms with Gasteiger partial charge in [0.2, 0.25) is 0 Å². The lowest BCUT2D eigenvalue weighted by Gasteiger charge is -2.32. The molecule has 7 heteroatoms. The molecule has 178 valence electrons. The highest BCUT2D eigenvalue weighted by Crippen LogP contribution is 2.41. The van der Waals surface area contributed by atoms with Gasteiger partial charge < -0.3 is 24.1 Å². The van der Waals surface area contributed by atoms with E-state index in [-0.39, 0.29) is 11.8 Å². The molecule has 0 spiro atoms. The number of phenols is 1. The highest BCUT2D eigenvalue weighted by Gasteiger charge is 2.30. The first kappa shape index (κ1) is 23.4. The van der Waals surface area contributed by atoms with Crippen LogP contribution < -0.4 is 24.3 Å². The van der Waals surface area contributed by atoms with Crippen LogP contribution in [0, 0.1) is 0 Å². The Morgan fingerprint density at radius 2 is 1.65 bits per heavy atom. The molecule has 3 aromatic rings. The van der Waals surface area contributed by atoms with Crippen LogP contribution in [-0.4, -0.2) is 38.8 Å². The number of hydrogen-bond donors (Lipinski definition) is 2. The quantitative estimate of drug-likeness (QED) is 0.488. The van der Waals surface area contributed by atoms with Gasteiger partial charge in [-0.1, -0.05) is 24.3 Å². The maximum absolute atomic E-state index is 11.0. The normalized spacial score (nSPS) is 17.6. The summed E-state index contributed by atoms with van der Waals surface area (Å²) in [7, 11) is 4.91. The summed E-state index contributed by atoms with van der Waals surface area (Å²) in [5.74, 6) is 2.75. The molecule has 3 aromatic carbocycles. The standard InChI is InChI=1S/C27H30N2O5/c1-5-34-25-11-7-10-20(26(25)30)23-16-22(17-8-6-9-18(14-17)31-2)28-27(29-23)21-15-19(32-3)12-13-24(21)33-4/h6-15,23,27,29-30H,5,16H2,1-4H3/t23-,27-/m1/s1. The topological polar surface area (TPSA) is 81.5 Å². The highest BCUT2D eigenvalue weighted by molar-refractivity contribution is 6.02. The zero-order valence-electron chi connectivity index (χ0n) is 19.9. The van der Waals surface area contributed by atoms with Crippen molar-refractivity contribution >= 4 is 5.71 Å². The van der Waals surface area contributed by atoms with Gasteiger partial charge in [0.05, 0.1) is 27.9 Å². The Labute approximate surface area is 200 Å². The molecule has 0 aliphatic carbocycles. The maximum atomic E-state index is 11.0. The molecule has 4 rings (SSSR count). The van der Waals surface area contributed by atoms with Crippen LogP contribution in [0.1, 0.15) is 42.2 Å². The lowest BCUT2D eigenvalue weighted by Crippen LogP contribution is -2.33. The fourth-order valence-corrected chi connectivity index (χ4v) is 4.19. The molecule has 0 amide bonds. The predicted octanol–water partition coefficient (Wildman–Crippen LogP) is 5.04. The zero-order chi connectivity index (χ0) is 24.1. The van der Waals surface area contributed by atoms with Crippen LogP contribution in [0.25, 0.3) is 0 Å². The van der Waals surface area contributed by atoms with E-state index < -0.39 is 6.17 Å². The number of nitrogens with one attached hydrogen (secondary N) is 1. The lowest BCUT2D eigenvalue weighted by atomic mass is 9.93. The number of ether oxygens (including phenoxy) is 4. The van der Waals surface area contributed by atoms with Crippen LogP contribution in [0.4, 0.5) is 0 Å². The Bertz CT molecular complexity index is 1180. The number of para-hydroxylation sites is 1. The van der Waals surface area contributed by atoms with E-state index >= 15 is 0 Å². The molecule has 0 unspecified atom stereocenters. The number of hydrogen-bond acceptors (Lipinski definition) is 7. The third-order valence-corrected chi connectivity index (χ3v) is 5.88. The average molecular weight is 463 g/mol. The van der Waals surface area contributed by atoms with E-state index in [0.29, 0.717) is 30.3 Å². The average Bonchev–Trinajstić information content (AvgIpc) is 2.89. The Balaban J connectivity index is 1.82. The number of methoxy groups -OCH3 is 3. The minimum absolute atomic E-state index is 0.130. The second-order valence-corrected chi connectivity index (χ2v) is 7.87. The van der Waals surface area contributed by atoms with Crippen molar-refractivity contribution in [3.63, 3.8) is 0 Å². The lowest BCUT2D eigenvalue weighted by molar-refractivity contribution is 0.313. The highest BCUT2D eigenvalue weighted by atomic mass is 16.5. The largest absolute Gasteiger partial charge is 0.504 e. The predicted molar refractivity (Wildman–Crippen MR) is 132 cm³/mol. The minimum atomic E-state index is -0.430. The van der Waals surface area contributed by atoms with Crippen molar-refractivity contribution < 1.29 is 24.1 Å². The molecule has 0 aromatic heterocycles. The summed E-state index contributed by atoms with van der Waals surface area (Å²) in [6, 6.07) is 18.8.